The van der Waals surface area contributed by atoms with Gasteiger partial charge in [0.05, 0.1) is 16.6 Å². The third-order valence-corrected chi connectivity index (χ3v) is 4.76. The predicted molar refractivity (Wildman–Crippen MR) is 112 cm³/mol. The molecule has 1 heterocycles. The quantitative estimate of drug-likeness (QED) is 0.687. The van der Waals surface area contributed by atoms with E-state index in [0.717, 1.165) is 0 Å². The summed E-state index contributed by atoms with van der Waals surface area (Å²) in [5.41, 5.74) is 1.63. The van der Waals surface area contributed by atoms with Gasteiger partial charge in [0.25, 0.3) is 5.91 Å². The number of carbonyl (C=O) groups is 4. The summed E-state index contributed by atoms with van der Waals surface area (Å²) in [7, 11) is 0. The first-order valence-corrected chi connectivity index (χ1v) is 9.60. The second-order valence-corrected chi connectivity index (χ2v) is 7.18. The third kappa shape index (κ3) is 5.36. The number of anilines is 3. The van der Waals surface area contributed by atoms with E-state index in [1.54, 1.807) is 48.5 Å². The van der Waals surface area contributed by atoms with Gasteiger partial charge in [0.1, 0.15) is 0 Å². The summed E-state index contributed by atoms with van der Waals surface area (Å²) in [4.78, 5) is 49.1. The maximum atomic E-state index is 12.3. The van der Waals surface area contributed by atoms with Crippen molar-refractivity contribution in [1.82, 2.24) is 0 Å². The molecule has 8 nitrogen and oxygen atoms in total. The molecule has 1 fully saturated rings. The van der Waals surface area contributed by atoms with Crippen LogP contribution in [0.4, 0.5) is 17.1 Å². The number of halogens is 1. The molecule has 2 N–H and O–H groups in total. The van der Waals surface area contributed by atoms with Gasteiger partial charge in [-0.2, -0.15) is 0 Å². The van der Waals surface area contributed by atoms with Gasteiger partial charge in [-0.25, -0.2) is 0 Å². The normalized spacial score (nSPS) is 15.6. The van der Waals surface area contributed by atoms with Crippen molar-refractivity contribution in [2.24, 2.45) is 5.92 Å². The van der Waals surface area contributed by atoms with Crippen LogP contribution < -0.4 is 15.5 Å². The van der Waals surface area contributed by atoms with Crippen LogP contribution in [0.2, 0.25) is 5.02 Å². The van der Waals surface area contributed by atoms with Gasteiger partial charge in [-0.3, -0.25) is 19.2 Å². The SMILES string of the molecule is CC(=O)Nc1ccc(NC(=O)COC(=O)[C@@H]2CC(=O)N(c3ccccc3Cl)C2)cc1. The van der Waals surface area contributed by atoms with Gasteiger partial charge in [0.2, 0.25) is 11.8 Å². The molecule has 30 heavy (non-hydrogen) atoms. The van der Waals surface area contributed by atoms with Gasteiger partial charge in [0, 0.05) is 31.3 Å². The lowest BCUT2D eigenvalue weighted by molar-refractivity contribution is -0.151. The average molecular weight is 430 g/mol. The average Bonchev–Trinajstić information content (AvgIpc) is 3.09. The summed E-state index contributed by atoms with van der Waals surface area (Å²) in [6.45, 7) is 1.08. The molecule has 0 aromatic heterocycles. The molecule has 0 saturated carbocycles. The van der Waals surface area contributed by atoms with Crippen molar-refractivity contribution in [2.75, 3.05) is 28.7 Å². The molecule has 2 aromatic carbocycles. The predicted octanol–water partition coefficient (Wildman–Crippen LogP) is 2.83. The monoisotopic (exact) mass is 429 g/mol. The molecule has 0 aliphatic carbocycles. The summed E-state index contributed by atoms with van der Waals surface area (Å²) < 4.78 is 5.08. The number of amides is 3. The van der Waals surface area contributed by atoms with E-state index in [0.29, 0.717) is 22.1 Å². The Kier molecular flexibility index (Phi) is 6.68. The summed E-state index contributed by atoms with van der Waals surface area (Å²) in [6.07, 6.45) is -0.00368. The van der Waals surface area contributed by atoms with Crippen molar-refractivity contribution in [1.29, 1.82) is 0 Å². The van der Waals surface area contributed by atoms with Crippen LogP contribution in [0.5, 0.6) is 0 Å². The van der Waals surface area contributed by atoms with E-state index in [2.05, 4.69) is 10.6 Å². The molecule has 3 rings (SSSR count). The topological polar surface area (TPSA) is 105 Å². The molecule has 0 unspecified atom stereocenters. The first-order chi connectivity index (χ1) is 14.3. The zero-order valence-corrected chi connectivity index (χ0v) is 16.9. The molecule has 3 amide bonds. The van der Waals surface area contributed by atoms with Gasteiger partial charge in [0.15, 0.2) is 6.61 Å². The van der Waals surface area contributed by atoms with Crippen LogP contribution in [0.1, 0.15) is 13.3 Å². The van der Waals surface area contributed by atoms with E-state index in [1.807, 2.05) is 0 Å². The summed E-state index contributed by atoms with van der Waals surface area (Å²) >= 11 is 6.13. The minimum absolute atomic E-state index is 0.00368. The fraction of sp³-hybridized carbons (Fsp3) is 0.238. The zero-order chi connectivity index (χ0) is 21.7. The van der Waals surface area contributed by atoms with Crippen molar-refractivity contribution >= 4 is 52.4 Å². The van der Waals surface area contributed by atoms with Gasteiger partial charge in [-0.05, 0) is 36.4 Å². The number of para-hydroxylation sites is 1. The molecular formula is C21H20ClN3O5. The van der Waals surface area contributed by atoms with Crippen LogP contribution in [0.3, 0.4) is 0 Å². The van der Waals surface area contributed by atoms with Crippen LogP contribution in [-0.2, 0) is 23.9 Å². The van der Waals surface area contributed by atoms with Crippen molar-refractivity contribution in [3.63, 3.8) is 0 Å². The Bertz CT molecular complexity index is 977. The Labute approximate surface area is 178 Å². The molecule has 0 spiro atoms. The van der Waals surface area contributed by atoms with Crippen molar-refractivity contribution < 1.29 is 23.9 Å². The van der Waals surface area contributed by atoms with Gasteiger partial charge in [-0.1, -0.05) is 23.7 Å². The first-order valence-electron chi connectivity index (χ1n) is 9.22. The molecule has 1 aliphatic rings. The number of rotatable bonds is 6. The minimum Gasteiger partial charge on any atom is -0.455 e. The standard InChI is InChI=1S/C21H20ClN3O5/c1-13(26)23-15-6-8-16(9-7-15)24-19(27)12-30-21(29)14-10-20(28)25(11-14)18-5-3-2-4-17(18)22/h2-9,14H,10-12H2,1H3,(H,23,26)(H,24,27)/t14-/m1/s1. The summed E-state index contributed by atoms with van der Waals surface area (Å²) in [5.74, 6) is -2.22. The largest absolute Gasteiger partial charge is 0.455 e. The van der Waals surface area contributed by atoms with E-state index < -0.39 is 24.4 Å². The highest BCUT2D eigenvalue weighted by molar-refractivity contribution is 6.33. The maximum Gasteiger partial charge on any atom is 0.311 e. The second kappa shape index (κ2) is 9.41. The maximum absolute atomic E-state index is 12.3. The molecule has 2 aromatic rings. The van der Waals surface area contributed by atoms with E-state index in [4.69, 9.17) is 16.3 Å². The highest BCUT2D eigenvalue weighted by atomic mass is 35.5. The Morgan fingerprint density at radius 3 is 2.33 bits per heavy atom. The Morgan fingerprint density at radius 1 is 1.07 bits per heavy atom. The van der Waals surface area contributed by atoms with Crippen LogP contribution >= 0.6 is 11.6 Å². The molecule has 9 heteroatoms. The molecule has 1 saturated heterocycles. The molecule has 1 atom stereocenters. The number of esters is 1. The number of hydrogen-bond donors (Lipinski definition) is 2. The molecule has 156 valence electrons. The Hall–Kier alpha value is -3.39. The van der Waals surface area contributed by atoms with Crippen molar-refractivity contribution in [2.45, 2.75) is 13.3 Å². The van der Waals surface area contributed by atoms with Crippen molar-refractivity contribution in [3.05, 3.63) is 53.6 Å². The molecule has 0 bridgehead atoms. The molecular weight excluding hydrogens is 410 g/mol. The van der Waals surface area contributed by atoms with Crippen LogP contribution in [0.25, 0.3) is 0 Å². The van der Waals surface area contributed by atoms with E-state index >= 15 is 0 Å². The zero-order valence-electron chi connectivity index (χ0n) is 16.2. The first kappa shape index (κ1) is 21.3. The lowest BCUT2D eigenvalue weighted by Crippen LogP contribution is -2.28. The highest BCUT2D eigenvalue weighted by Gasteiger charge is 2.37. The van der Waals surface area contributed by atoms with Gasteiger partial charge < -0.3 is 20.3 Å². The number of ether oxygens (including phenoxy) is 1. The third-order valence-electron chi connectivity index (χ3n) is 4.44. The lowest BCUT2D eigenvalue weighted by Gasteiger charge is -2.17. The van der Waals surface area contributed by atoms with Gasteiger partial charge >= 0.3 is 5.97 Å². The van der Waals surface area contributed by atoms with Crippen LogP contribution in [0, 0.1) is 5.92 Å². The van der Waals surface area contributed by atoms with Gasteiger partial charge in [-0.15, -0.1) is 0 Å². The lowest BCUT2D eigenvalue weighted by atomic mass is 10.1. The number of carbonyl (C=O) groups excluding carboxylic acids is 4. The van der Waals surface area contributed by atoms with Crippen molar-refractivity contribution in [3.8, 4) is 0 Å². The number of nitrogens with one attached hydrogen (secondary N) is 2. The molecule has 1 aliphatic heterocycles. The second-order valence-electron chi connectivity index (χ2n) is 6.77. The highest BCUT2D eigenvalue weighted by Crippen LogP contribution is 2.31. The number of benzene rings is 2. The fourth-order valence-corrected chi connectivity index (χ4v) is 3.30. The Balaban J connectivity index is 1.49. The minimum atomic E-state index is -0.668. The van der Waals surface area contributed by atoms with E-state index in [1.165, 1.54) is 11.8 Å². The Morgan fingerprint density at radius 2 is 1.70 bits per heavy atom. The fourth-order valence-electron chi connectivity index (χ4n) is 3.06. The number of nitrogens with zero attached hydrogens (tertiary/aromatic N) is 1. The number of hydrogen-bond acceptors (Lipinski definition) is 5. The summed E-state index contributed by atoms with van der Waals surface area (Å²) in [6, 6.07) is 13.4. The van der Waals surface area contributed by atoms with E-state index in [9.17, 15) is 19.2 Å². The smallest absolute Gasteiger partial charge is 0.311 e. The van der Waals surface area contributed by atoms with Crippen LogP contribution in [0.15, 0.2) is 48.5 Å². The van der Waals surface area contributed by atoms with E-state index in [-0.39, 0.29) is 24.8 Å². The summed E-state index contributed by atoms with van der Waals surface area (Å²) in [5, 5.41) is 5.63. The molecule has 0 radical (unpaired) electrons. The van der Waals surface area contributed by atoms with Crippen LogP contribution in [-0.4, -0.2) is 36.8 Å².